The second-order valence-corrected chi connectivity index (χ2v) is 3.32. The standard InChI is InChI=1S/C9H19NO2/c1-4-5-6-8(12-10)9(11)7(2)3/h7-8H,4-6,10H2,1-3H3. The van der Waals surface area contributed by atoms with E-state index in [2.05, 4.69) is 11.8 Å². The van der Waals surface area contributed by atoms with Crippen LogP contribution in [0.5, 0.6) is 0 Å². The average Bonchev–Trinajstić information content (AvgIpc) is 2.05. The third-order valence-electron chi connectivity index (χ3n) is 1.87. The smallest absolute Gasteiger partial charge is 0.166 e. The Morgan fingerprint density at radius 1 is 1.50 bits per heavy atom. The third-order valence-corrected chi connectivity index (χ3v) is 1.87. The minimum Gasteiger partial charge on any atom is -0.296 e. The van der Waals surface area contributed by atoms with Crippen molar-refractivity contribution in [2.24, 2.45) is 11.8 Å². The van der Waals surface area contributed by atoms with E-state index in [1.54, 1.807) is 0 Å². The number of carbonyl (C=O) groups is 1. The van der Waals surface area contributed by atoms with E-state index < -0.39 is 6.10 Å². The van der Waals surface area contributed by atoms with Crippen molar-refractivity contribution < 1.29 is 9.63 Å². The highest BCUT2D eigenvalue weighted by atomic mass is 16.6. The molecular weight excluding hydrogens is 154 g/mol. The van der Waals surface area contributed by atoms with Gasteiger partial charge in [0.05, 0.1) is 0 Å². The van der Waals surface area contributed by atoms with E-state index >= 15 is 0 Å². The van der Waals surface area contributed by atoms with Crippen LogP contribution in [0.4, 0.5) is 0 Å². The Morgan fingerprint density at radius 2 is 2.08 bits per heavy atom. The quantitative estimate of drug-likeness (QED) is 0.621. The Kier molecular flexibility index (Phi) is 5.93. The van der Waals surface area contributed by atoms with Gasteiger partial charge in [-0.05, 0) is 6.42 Å². The summed E-state index contributed by atoms with van der Waals surface area (Å²) >= 11 is 0. The minimum atomic E-state index is -0.398. The SMILES string of the molecule is CCCCC(ON)C(=O)C(C)C. The monoisotopic (exact) mass is 173 g/mol. The zero-order valence-electron chi connectivity index (χ0n) is 8.17. The molecule has 0 aromatic carbocycles. The first-order chi connectivity index (χ1) is 5.63. The second-order valence-electron chi connectivity index (χ2n) is 3.32. The fourth-order valence-corrected chi connectivity index (χ4v) is 1.04. The summed E-state index contributed by atoms with van der Waals surface area (Å²) in [5.74, 6) is 5.14. The summed E-state index contributed by atoms with van der Waals surface area (Å²) in [7, 11) is 0. The van der Waals surface area contributed by atoms with E-state index in [-0.39, 0.29) is 11.7 Å². The molecule has 0 aliphatic rings. The van der Waals surface area contributed by atoms with E-state index in [0.29, 0.717) is 0 Å². The Hall–Kier alpha value is -0.410. The highest BCUT2D eigenvalue weighted by Gasteiger charge is 2.20. The number of hydrogen-bond acceptors (Lipinski definition) is 3. The van der Waals surface area contributed by atoms with Gasteiger partial charge in [-0.2, -0.15) is 0 Å². The van der Waals surface area contributed by atoms with Gasteiger partial charge >= 0.3 is 0 Å². The number of Topliss-reactive ketones (excluding diaryl/α,β-unsaturated/α-hetero) is 1. The van der Waals surface area contributed by atoms with Crippen LogP contribution in [0.3, 0.4) is 0 Å². The summed E-state index contributed by atoms with van der Waals surface area (Å²) < 4.78 is 0. The number of ketones is 1. The second kappa shape index (κ2) is 6.14. The topological polar surface area (TPSA) is 52.3 Å². The molecule has 1 atom stereocenters. The molecule has 72 valence electrons. The maximum absolute atomic E-state index is 11.4. The Morgan fingerprint density at radius 3 is 2.42 bits per heavy atom. The molecule has 0 radical (unpaired) electrons. The van der Waals surface area contributed by atoms with Crippen molar-refractivity contribution >= 4 is 5.78 Å². The van der Waals surface area contributed by atoms with E-state index in [1.807, 2.05) is 13.8 Å². The van der Waals surface area contributed by atoms with Gasteiger partial charge in [0.1, 0.15) is 6.10 Å². The fourth-order valence-electron chi connectivity index (χ4n) is 1.04. The first-order valence-electron chi connectivity index (χ1n) is 4.52. The van der Waals surface area contributed by atoms with Crippen molar-refractivity contribution in [3.8, 4) is 0 Å². The first kappa shape index (κ1) is 11.6. The molecule has 0 rings (SSSR count). The lowest BCUT2D eigenvalue weighted by molar-refractivity contribution is -0.134. The number of unbranched alkanes of at least 4 members (excludes halogenated alkanes) is 1. The normalized spacial score (nSPS) is 13.4. The maximum atomic E-state index is 11.4. The van der Waals surface area contributed by atoms with Crippen LogP contribution in [-0.2, 0) is 9.63 Å². The molecule has 3 heteroatoms. The molecule has 12 heavy (non-hydrogen) atoms. The van der Waals surface area contributed by atoms with E-state index in [1.165, 1.54) is 0 Å². The summed E-state index contributed by atoms with van der Waals surface area (Å²) in [5, 5.41) is 0. The van der Waals surface area contributed by atoms with Gasteiger partial charge in [0.2, 0.25) is 0 Å². The highest BCUT2D eigenvalue weighted by molar-refractivity contribution is 5.84. The van der Waals surface area contributed by atoms with Gasteiger partial charge in [0.25, 0.3) is 0 Å². The zero-order valence-corrected chi connectivity index (χ0v) is 8.17. The molecule has 0 saturated heterocycles. The van der Waals surface area contributed by atoms with Gasteiger partial charge in [-0.1, -0.05) is 33.6 Å². The molecule has 3 nitrogen and oxygen atoms in total. The van der Waals surface area contributed by atoms with Crippen LogP contribution in [-0.4, -0.2) is 11.9 Å². The summed E-state index contributed by atoms with van der Waals surface area (Å²) in [6, 6.07) is 0. The van der Waals surface area contributed by atoms with Crippen LogP contribution in [0, 0.1) is 5.92 Å². The van der Waals surface area contributed by atoms with Crippen LogP contribution in [0.2, 0.25) is 0 Å². The summed E-state index contributed by atoms with van der Waals surface area (Å²) in [5.41, 5.74) is 0. The van der Waals surface area contributed by atoms with E-state index in [4.69, 9.17) is 5.90 Å². The summed E-state index contributed by atoms with van der Waals surface area (Å²) in [6.45, 7) is 5.80. The van der Waals surface area contributed by atoms with Crippen molar-refractivity contribution in [1.29, 1.82) is 0 Å². The van der Waals surface area contributed by atoms with Gasteiger partial charge in [-0.15, -0.1) is 0 Å². The zero-order chi connectivity index (χ0) is 9.56. The van der Waals surface area contributed by atoms with Crippen molar-refractivity contribution in [3.63, 3.8) is 0 Å². The van der Waals surface area contributed by atoms with Gasteiger partial charge < -0.3 is 0 Å². The first-order valence-corrected chi connectivity index (χ1v) is 4.52. The minimum absolute atomic E-state index is 0.00964. The van der Waals surface area contributed by atoms with Crippen LogP contribution in [0.25, 0.3) is 0 Å². The fraction of sp³-hybridized carbons (Fsp3) is 0.889. The van der Waals surface area contributed by atoms with Crippen molar-refractivity contribution in [3.05, 3.63) is 0 Å². The van der Waals surface area contributed by atoms with Crippen molar-refractivity contribution in [2.45, 2.75) is 46.1 Å². The highest BCUT2D eigenvalue weighted by Crippen LogP contribution is 2.09. The predicted molar refractivity (Wildman–Crippen MR) is 48.4 cm³/mol. The Labute approximate surface area is 74.2 Å². The Bertz CT molecular complexity index is 134. The van der Waals surface area contributed by atoms with E-state index in [0.717, 1.165) is 19.3 Å². The van der Waals surface area contributed by atoms with Crippen LogP contribution >= 0.6 is 0 Å². The molecule has 0 saturated carbocycles. The van der Waals surface area contributed by atoms with Crippen LogP contribution < -0.4 is 5.90 Å². The van der Waals surface area contributed by atoms with Gasteiger partial charge in [-0.3, -0.25) is 9.63 Å². The molecule has 0 spiro atoms. The molecule has 0 heterocycles. The summed E-state index contributed by atoms with van der Waals surface area (Å²) in [6.07, 6.45) is 2.39. The van der Waals surface area contributed by atoms with Gasteiger partial charge in [0, 0.05) is 5.92 Å². The van der Waals surface area contributed by atoms with Crippen LogP contribution in [0.1, 0.15) is 40.0 Å². The molecule has 0 fully saturated rings. The van der Waals surface area contributed by atoms with Crippen molar-refractivity contribution in [2.75, 3.05) is 0 Å². The van der Waals surface area contributed by atoms with E-state index in [9.17, 15) is 4.79 Å². The summed E-state index contributed by atoms with van der Waals surface area (Å²) in [4.78, 5) is 16.0. The molecule has 0 aromatic heterocycles. The lowest BCUT2D eigenvalue weighted by Crippen LogP contribution is -2.30. The average molecular weight is 173 g/mol. The molecule has 0 amide bonds. The number of nitrogens with two attached hydrogens (primary N) is 1. The van der Waals surface area contributed by atoms with Crippen LogP contribution in [0.15, 0.2) is 0 Å². The van der Waals surface area contributed by atoms with Crippen molar-refractivity contribution in [1.82, 2.24) is 0 Å². The molecule has 0 aromatic rings. The predicted octanol–water partition coefficient (Wildman–Crippen LogP) is 1.66. The molecule has 0 aliphatic heterocycles. The maximum Gasteiger partial charge on any atom is 0.166 e. The number of rotatable bonds is 6. The van der Waals surface area contributed by atoms with Gasteiger partial charge in [-0.25, -0.2) is 5.90 Å². The molecule has 0 aliphatic carbocycles. The lowest BCUT2D eigenvalue weighted by atomic mass is 10.00. The molecule has 0 bridgehead atoms. The number of carbonyl (C=O) groups excluding carboxylic acids is 1. The third kappa shape index (κ3) is 3.83. The largest absolute Gasteiger partial charge is 0.296 e. The number of hydrogen-bond donors (Lipinski definition) is 1. The molecule has 1 unspecified atom stereocenters. The Balaban J connectivity index is 3.88. The molecular formula is C9H19NO2. The molecule has 2 N–H and O–H groups in total. The lowest BCUT2D eigenvalue weighted by Gasteiger charge is -2.14. The van der Waals surface area contributed by atoms with Gasteiger partial charge in [0.15, 0.2) is 5.78 Å².